The van der Waals surface area contributed by atoms with Gasteiger partial charge in [-0.3, -0.25) is 0 Å². The normalized spacial score (nSPS) is 24.7. The lowest BCUT2D eigenvalue weighted by Crippen LogP contribution is -2.10. The molecule has 1 aromatic rings. The van der Waals surface area contributed by atoms with Gasteiger partial charge in [-0.15, -0.1) is 0 Å². The van der Waals surface area contributed by atoms with E-state index >= 15 is 0 Å². The molecule has 2 heteroatoms. The third-order valence-electron chi connectivity index (χ3n) is 2.93. The summed E-state index contributed by atoms with van der Waals surface area (Å²) in [5, 5.41) is 3.23. The van der Waals surface area contributed by atoms with Crippen molar-refractivity contribution in [3.05, 3.63) is 29.8 Å². The van der Waals surface area contributed by atoms with Crippen LogP contribution >= 0.6 is 0 Å². The minimum atomic E-state index is 0.772. The average Bonchev–Trinajstić information content (AvgIpc) is 2.98. The van der Waals surface area contributed by atoms with Gasteiger partial charge < -0.3 is 10.1 Å². The third-order valence-corrected chi connectivity index (χ3v) is 2.93. The van der Waals surface area contributed by atoms with Crippen LogP contribution in [-0.2, 0) is 0 Å². The minimum absolute atomic E-state index is 0.772. The van der Waals surface area contributed by atoms with E-state index in [1.165, 1.54) is 12.0 Å². The first-order chi connectivity index (χ1) is 6.85. The molecule has 0 aliphatic heterocycles. The first-order valence-corrected chi connectivity index (χ1v) is 5.13. The van der Waals surface area contributed by atoms with E-state index in [9.17, 15) is 0 Å². The summed E-state index contributed by atoms with van der Waals surface area (Å²) in [7, 11) is 3.72. The summed E-state index contributed by atoms with van der Waals surface area (Å²) in [4.78, 5) is 0. The lowest BCUT2D eigenvalue weighted by molar-refractivity contribution is 0.414. The molecule has 76 valence electrons. The number of hydrogen-bond acceptors (Lipinski definition) is 2. The molecule has 14 heavy (non-hydrogen) atoms. The predicted octanol–water partition coefficient (Wildman–Crippen LogP) is 2.02. The fourth-order valence-electron chi connectivity index (χ4n) is 1.99. The average molecular weight is 191 g/mol. The Morgan fingerprint density at radius 1 is 1.36 bits per heavy atom. The van der Waals surface area contributed by atoms with Crippen LogP contribution in [0.3, 0.4) is 0 Å². The predicted molar refractivity (Wildman–Crippen MR) is 57.8 cm³/mol. The highest BCUT2D eigenvalue weighted by molar-refractivity contribution is 5.32. The van der Waals surface area contributed by atoms with E-state index in [4.69, 9.17) is 4.74 Å². The smallest absolute Gasteiger partial charge is 0.118 e. The van der Waals surface area contributed by atoms with Crippen molar-refractivity contribution in [2.24, 2.45) is 5.92 Å². The fraction of sp³-hybridized carbons (Fsp3) is 0.500. The summed E-state index contributed by atoms with van der Waals surface area (Å²) >= 11 is 0. The van der Waals surface area contributed by atoms with Gasteiger partial charge in [0.2, 0.25) is 0 Å². The van der Waals surface area contributed by atoms with Crippen LogP contribution in [0.5, 0.6) is 5.75 Å². The van der Waals surface area contributed by atoms with Crippen LogP contribution in [0.2, 0.25) is 0 Å². The number of rotatable bonds is 4. The summed E-state index contributed by atoms with van der Waals surface area (Å²) in [5.74, 6) is 2.56. The molecule has 1 aromatic carbocycles. The molecular formula is C12H17NO. The Kier molecular flexibility index (Phi) is 2.73. The first kappa shape index (κ1) is 9.53. The van der Waals surface area contributed by atoms with Crippen molar-refractivity contribution >= 4 is 0 Å². The van der Waals surface area contributed by atoms with E-state index in [2.05, 4.69) is 17.4 Å². The van der Waals surface area contributed by atoms with Gasteiger partial charge >= 0.3 is 0 Å². The van der Waals surface area contributed by atoms with E-state index in [1.807, 2.05) is 19.2 Å². The standard InChI is InChI=1S/C12H17NO/c1-13-8-10-7-12(10)9-3-5-11(14-2)6-4-9/h3-6,10,12-13H,7-8H2,1-2H3/t10-,12+/m0/s1. The number of nitrogens with one attached hydrogen (secondary N) is 1. The zero-order valence-electron chi connectivity index (χ0n) is 8.79. The maximum Gasteiger partial charge on any atom is 0.118 e. The molecule has 1 saturated carbocycles. The molecule has 0 radical (unpaired) electrons. The van der Waals surface area contributed by atoms with Gasteiger partial charge in [0.25, 0.3) is 0 Å². The topological polar surface area (TPSA) is 21.3 Å². The SMILES string of the molecule is CNC[C@@H]1C[C@@H]1c1ccc(OC)cc1. The second kappa shape index (κ2) is 4.01. The van der Waals surface area contributed by atoms with Crippen molar-refractivity contribution in [2.45, 2.75) is 12.3 Å². The third kappa shape index (κ3) is 1.90. The maximum absolute atomic E-state index is 5.13. The fourth-order valence-corrected chi connectivity index (χ4v) is 1.99. The van der Waals surface area contributed by atoms with Crippen LogP contribution in [0.4, 0.5) is 0 Å². The van der Waals surface area contributed by atoms with Crippen LogP contribution in [-0.4, -0.2) is 20.7 Å². The van der Waals surface area contributed by atoms with E-state index in [-0.39, 0.29) is 0 Å². The molecule has 0 unspecified atom stereocenters. The maximum atomic E-state index is 5.13. The van der Waals surface area contributed by atoms with Crippen LogP contribution < -0.4 is 10.1 Å². The molecule has 1 aliphatic carbocycles. The second-order valence-electron chi connectivity index (χ2n) is 3.93. The molecular weight excluding hydrogens is 174 g/mol. The van der Waals surface area contributed by atoms with Gasteiger partial charge in [-0.25, -0.2) is 0 Å². The van der Waals surface area contributed by atoms with Gasteiger partial charge in [0.05, 0.1) is 7.11 Å². The zero-order chi connectivity index (χ0) is 9.97. The van der Waals surface area contributed by atoms with Crippen LogP contribution in [0, 0.1) is 5.92 Å². The minimum Gasteiger partial charge on any atom is -0.497 e. The second-order valence-corrected chi connectivity index (χ2v) is 3.93. The van der Waals surface area contributed by atoms with E-state index < -0.39 is 0 Å². The number of ether oxygens (including phenoxy) is 1. The molecule has 0 bridgehead atoms. The van der Waals surface area contributed by atoms with Crippen LogP contribution in [0.1, 0.15) is 17.9 Å². The van der Waals surface area contributed by atoms with Crippen molar-refractivity contribution in [3.8, 4) is 5.75 Å². The molecule has 0 saturated heterocycles. The Morgan fingerprint density at radius 2 is 2.07 bits per heavy atom. The Bertz CT molecular complexity index is 294. The largest absolute Gasteiger partial charge is 0.497 e. The molecule has 0 aromatic heterocycles. The molecule has 0 amide bonds. The molecule has 1 fully saturated rings. The highest BCUT2D eigenvalue weighted by atomic mass is 16.5. The summed E-state index contributed by atoms with van der Waals surface area (Å²) in [6, 6.07) is 8.45. The Labute approximate surface area is 85.3 Å². The van der Waals surface area contributed by atoms with Crippen LogP contribution in [0.15, 0.2) is 24.3 Å². The van der Waals surface area contributed by atoms with Crippen molar-refractivity contribution < 1.29 is 4.74 Å². The van der Waals surface area contributed by atoms with Gasteiger partial charge in [-0.1, -0.05) is 12.1 Å². The first-order valence-electron chi connectivity index (χ1n) is 5.13. The van der Waals surface area contributed by atoms with Gasteiger partial charge in [-0.2, -0.15) is 0 Å². The zero-order valence-corrected chi connectivity index (χ0v) is 8.79. The van der Waals surface area contributed by atoms with Gasteiger partial charge in [-0.05, 0) is 49.5 Å². The molecule has 2 atom stereocenters. The van der Waals surface area contributed by atoms with Gasteiger partial charge in [0.15, 0.2) is 0 Å². The van der Waals surface area contributed by atoms with Gasteiger partial charge in [0.1, 0.15) is 5.75 Å². The Morgan fingerprint density at radius 3 is 2.64 bits per heavy atom. The lowest BCUT2D eigenvalue weighted by Gasteiger charge is -2.02. The van der Waals surface area contributed by atoms with E-state index in [1.54, 1.807) is 7.11 Å². The molecule has 0 spiro atoms. The van der Waals surface area contributed by atoms with E-state index in [0.717, 1.165) is 24.1 Å². The molecule has 0 heterocycles. The van der Waals surface area contributed by atoms with Crippen molar-refractivity contribution in [1.82, 2.24) is 5.32 Å². The van der Waals surface area contributed by atoms with Crippen molar-refractivity contribution in [1.29, 1.82) is 0 Å². The van der Waals surface area contributed by atoms with Crippen LogP contribution in [0.25, 0.3) is 0 Å². The summed E-state index contributed by atoms with van der Waals surface area (Å²) in [5.41, 5.74) is 1.45. The molecule has 1 aliphatic rings. The van der Waals surface area contributed by atoms with Gasteiger partial charge in [0, 0.05) is 0 Å². The van der Waals surface area contributed by atoms with Crippen molar-refractivity contribution in [3.63, 3.8) is 0 Å². The Hall–Kier alpha value is -1.02. The lowest BCUT2D eigenvalue weighted by atomic mass is 10.1. The van der Waals surface area contributed by atoms with Crippen molar-refractivity contribution in [2.75, 3.05) is 20.7 Å². The number of benzene rings is 1. The molecule has 2 nitrogen and oxygen atoms in total. The number of methoxy groups -OCH3 is 1. The highest BCUT2D eigenvalue weighted by Gasteiger charge is 2.37. The Balaban J connectivity index is 1.98. The molecule has 2 rings (SSSR count). The summed E-state index contributed by atoms with van der Waals surface area (Å²) < 4.78 is 5.13. The highest BCUT2D eigenvalue weighted by Crippen LogP contribution is 2.47. The number of hydrogen-bond donors (Lipinski definition) is 1. The summed E-state index contributed by atoms with van der Waals surface area (Å²) in [6.45, 7) is 1.14. The summed E-state index contributed by atoms with van der Waals surface area (Å²) in [6.07, 6.45) is 1.33. The monoisotopic (exact) mass is 191 g/mol. The van der Waals surface area contributed by atoms with E-state index in [0.29, 0.717) is 0 Å². The molecule has 1 N–H and O–H groups in total. The quantitative estimate of drug-likeness (QED) is 0.786.